The van der Waals surface area contributed by atoms with E-state index in [1.807, 2.05) is 12.1 Å². The van der Waals surface area contributed by atoms with Gasteiger partial charge in [-0.3, -0.25) is 0 Å². The Labute approximate surface area is 295 Å². The first-order chi connectivity index (χ1) is 22.1. The average Bonchev–Trinajstić information content (AvgIpc) is 3.44. The highest BCUT2D eigenvalue weighted by molar-refractivity contribution is 7.90. The van der Waals surface area contributed by atoms with E-state index in [0.717, 1.165) is 60.1 Å². The van der Waals surface area contributed by atoms with Crippen LogP contribution < -0.4 is 20.5 Å². The smallest absolute Gasteiger partial charge is 0.212 e. The van der Waals surface area contributed by atoms with Gasteiger partial charge in [0.15, 0.2) is 0 Å². The van der Waals surface area contributed by atoms with Crippen LogP contribution >= 0.6 is 24.0 Å². The van der Waals surface area contributed by atoms with Gasteiger partial charge in [0.2, 0.25) is 20.0 Å². The van der Waals surface area contributed by atoms with Crippen molar-refractivity contribution in [3.63, 3.8) is 0 Å². The number of anilines is 1. The van der Waals surface area contributed by atoms with Crippen LogP contribution in [0.15, 0.2) is 36.9 Å². The van der Waals surface area contributed by atoms with E-state index < -0.39 is 25.3 Å². The molecule has 2 aromatic heterocycles. The number of rotatable bonds is 3. The largest absolute Gasteiger partial charge is 0.356 e. The molecule has 2 atom stereocenters. The molecule has 2 aliphatic heterocycles. The first-order valence-corrected chi connectivity index (χ1v) is 19.3. The third-order valence-corrected chi connectivity index (χ3v) is 12.0. The predicted octanol–water partition coefficient (Wildman–Crippen LogP) is 4.63. The molecule has 2 aromatic carbocycles. The van der Waals surface area contributed by atoms with E-state index in [1.165, 1.54) is 28.6 Å². The maximum atomic E-state index is 11.6. The molecule has 16 heteroatoms. The second kappa shape index (κ2) is 17.3. The van der Waals surface area contributed by atoms with Crippen molar-refractivity contribution < 1.29 is 16.8 Å². The monoisotopic (exact) mass is 740 g/mol. The van der Waals surface area contributed by atoms with E-state index in [2.05, 4.69) is 70.0 Å². The van der Waals surface area contributed by atoms with Crippen molar-refractivity contribution in [2.75, 3.05) is 31.1 Å². The lowest BCUT2D eigenvalue weighted by Crippen LogP contribution is -2.30. The number of sulfonamides is 2. The highest BCUT2D eigenvalue weighted by Gasteiger charge is 2.26. The zero-order valence-corrected chi connectivity index (χ0v) is 31.0. The third kappa shape index (κ3) is 10.6. The number of aromatic nitrogens is 4. The Balaban J connectivity index is 0.000000212. The van der Waals surface area contributed by atoms with Gasteiger partial charge in [0.05, 0.1) is 21.5 Å². The first-order valence-electron chi connectivity index (χ1n) is 15.7. The summed E-state index contributed by atoms with van der Waals surface area (Å²) in [5, 5.41) is 15.2. The molecule has 0 saturated carbocycles. The van der Waals surface area contributed by atoms with Crippen molar-refractivity contribution in [3.05, 3.63) is 64.3 Å². The standard InChI is InChI=1S/C16H22N4O2S.C10H9ClN2.C6H14N2O2S.ClH/c1-11-8-14-15(9-12(11)2)18-10-19-16(14)20-6-3-4-13(5-7-20)23(17,21)22;1-6-3-8-9(4-7(6)2)12-5-13-10(8)11;7-11(9,10)6-2-1-4-8-5-3-6;/h8-10,13H,3-7H2,1-2H3,(H2,17,21,22);3-5H,1-2H3;6,8H,1-5H2,(H2,7,9,10);1H. The summed E-state index contributed by atoms with van der Waals surface area (Å²) in [6.07, 6.45) is 7.25. The lowest BCUT2D eigenvalue weighted by atomic mass is 10.1. The molecule has 12 nitrogen and oxygen atoms in total. The Hall–Kier alpha value is -2.72. The van der Waals surface area contributed by atoms with Crippen LogP contribution in [0, 0.1) is 27.7 Å². The van der Waals surface area contributed by atoms with Crippen LogP contribution in [0.4, 0.5) is 5.82 Å². The van der Waals surface area contributed by atoms with Crippen LogP contribution in [0.2, 0.25) is 5.15 Å². The van der Waals surface area contributed by atoms with Gasteiger partial charge in [0.1, 0.15) is 23.6 Å². The lowest BCUT2D eigenvalue weighted by Gasteiger charge is -2.23. The molecule has 264 valence electrons. The molecule has 0 spiro atoms. The van der Waals surface area contributed by atoms with E-state index in [4.69, 9.17) is 21.9 Å². The van der Waals surface area contributed by atoms with Crippen LogP contribution in [-0.2, 0) is 20.0 Å². The Morgan fingerprint density at radius 2 is 1.21 bits per heavy atom. The van der Waals surface area contributed by atoms with Crippen LogP contribution in [0.1, 0.15) is 60.8 Å². The number of hydrogen-bond acceptors (Lipinski definition) is 10. The van der Waals surface area contributed by atoms with Crippen LogP contribution in [0.3, 0.4) is 0 Å². The summed E-state index contributed by atoms with van der Waals surface area (Å²) >= 11 is 5.93. The van der Waals surface area contributed by atoms with Crippen molar-refractivity contribution >= 4 is 71.7 Å². The number of benzene rings is 2. The molecular weight excluding hydrogens is 695 g/mol. The zero-order valence-electron chi connectivity index (χ0n) is 27.8. The van der Waals surface area contributed by atoms with Crippen LogP contribution in [-0.4, -0.2) is 73.5 Å². The Morgan fingerprint density at radius 3 is 1.83 bits per heavy atom. The van der Waals surface area contributed by atoms with E-state index in [9.17, 15) is 16.8 Å². The normalized spacial score (nSPS) is 18.8. The quantitative estimate of drug-likeness (QED) is 0.250. The van der Waals surface area contributed by atoms with Crippen molar-refractivity contribution in [2.24, 2.45) is 10.3 Å². The molecule has 48 heavy (non-hydrogen) atoms. The summed E-state index contributed by atoms with van der Waals surface area (Å²) in [4.78, 5) is 19.1. The molecule has 4 aromatic rings. The summed E-state index contributed by atoms with van der Waals surface area (Å²) in [7, 11) is -6.76. The molecular formula is C32H46Cl2N8O4S2. The topological polar surface area (TPSA) is 187 Å². The predicted molar refractivity (Wildman–Crippen MR) is 197 cm³/mol. The second-order valence-electron chi connectivity index (χ2n) is 12.3. The van der Waals surface area contributed by atoms with Gasteiger partial charge < -0.3 is 10.2 Å². The molecule has 0 bridgehead atoms. The van der Waals surface area contributed by atoms with Crippen molar-refractivity contribution in [3.8, 4) is 0 Å². The highest BCUT2D eigenvalue weighted by atomic mass is 35.5. The van der Waals surface area contributed by atoms with Crippen molar-refractivity contribution in [1.29, 1.82) is 0 Å². The zero-order chi connectivity index (χ0) is 34.4. The minimum atomic E-state index is -3.47. The summed E-state index contributed by atoms with van der Waals surface area (Å²) in [5.74, 6) is 0.883. The Bertz CT molecular complexity index is 1920. The summed E-state index contributed by atoms with van der Waals surface area (Å²) < 4.78 is 45.0. The van der Waals surface area contributed by atoms with Gasteiger partial charge in [-0.05, 0) is 126 Å². The molecule has 2 fully saturated rings. The number of nitrogens with zero attached hydrogens (tertiary/aromatic N) is 5. The Morgan fingerprint density at radius 1 is 0.688 bits per heavy atom. The number of primary sulfonamides is 2. The molecule has 0 radical (unpaired) electrons. The molecule has 6 rings (SSSR count). The van der Waals surface area contributed by atoms with Crippen LogP contribution in [0.5, 0.6) is 0 Å². The lowest BCUT2D eigenvalue weighted by molar-refractivity contribution is 0.567. The van der Waals surface area contributed by atoms with Crippen molar-refractivity contribution in [2.45, 2.75) is 76.7 Å². The average molecular weight is 742 g/mol. The number of halogens is 2. The van der Waals surface area contributed by atoms with Gasteiger partial charge in [-0.25, -0.2) is 47.0 Å². The van der Waals surface area contributed by atoms with E-state index in [1.54, 1.807) is 6.33 Å². The Kier molecular flexibility index (Phi) is 14.3. The summed E-state index contributed by atoms with van der Waals surface area (Å²) in [6.45, 7) is 11.4. The number of nitrogens with one attached hydrogen (secondary N) is 1. The highest BCUT2D eigenvalue weighted by Crippen LogP contribution is 2.28. The fraction of sp³-hybridized carbons (Fsp3) is 0.500. The second-order valence-corrected chi connectivity index (χ2v) is 16.3. The van der Waals surface area contributed by atoms with Gasteiger partial charge >= 0.3 is 0 Å². The minimum Gasteiger partial charge on any atom is -0.356 e. The third-order valence-electron chi connectivity index (χ3n) is 8.86. The molecule has 4 heterocycles. The fourth-order valence-electron chi connectivity index (χ4n) is 5.76. The SMILES string of the molecule is Cc1cc2ncnc(Cl)c2cc1C.Cc1cc2ncnc(N3CCCC(S(N)(=O)=O)CC3)c2cc1C.Cl.NS(=O)(=O)C1CCCNCC1. The first kappa shape index (κ1) is 39.7. The molecule has 0 aliphatic carbocycles. The van der Waals surface area contributed by atoms with E-state index in [0.29, 0.717) is 37.4 Å². The van der Waals surface area contributed by atoms with Gasteiger partial charge in [0, 0.05) is 23.9 Å². The maximum absolute atomic E-state index is 11.6. The van der Waals surface area contributed by atoms with Gasteiger partial charge in [-0.2, -0.15) is 0 Å². The number of nitrogens with two attached hydrogens (primary N) is 2. The van der Waals surface area contributed by atoms with E-state index in [-0.39, 0.29) is 17.7 Å². The molecule has 0 amide bonds. The molecule has 2 saturated heterocycles. The van der Waals surface area contributed by atoms with E-state index >= 15 is 0 Å². The maximum Gasteiger partial charge on any atom is 0.212 e. The minimum absolute atomic E-state index is 0. The molecule has 2 unspecified atom stereocenters. The van der Waals surface area contributed by atoms with Crippen molar-refractivity contribution in [1.82, 2.24) is 25.3 Å². The molecule has 2 aliphatic rings. The van der Waals surface area contributed by atoms with Gasteiger partial charge in [-0.1, -0.05) is 11.6 Å². The van der Waals surface area contributed by atoms with Gasteiger partial charge in [0.25, 0.3) is 0 Å². The summed E-state index contributed by atoms with van der Waals surface area (Å²) in [6, 6.07) is 8.23. The number of fused-ring (bicyclic) bond motifs is 2. The number of hydrogen-bond donors (Lipinski definition) is 3. The number of aryl methyl sites for hydroxylation is 4. The van der Waals surface area contributed by atoms with Gasteiger partial charge in [-0.15, -0.1) is 12.4 Å². The van der Waals surface area contributed by atoms with Crippen LogP contribution in [0.25, 0.3) is 21.8 Å². The molecule has 5 N–H and O–H groups in total. The summed E-state index contributed by atoms with van der Waals surface area (Å²) in [5.41, 5.74) is 6.66. The fourth-order valence-corrected chi connectivity index (χ4v) is 7.83.